The van der Waals surface area contributed by atoms with Crippen LogP contribution < -0.4 is 5.32 Å². The highest BCUT2D eigenvalue weighted by atomic mass is 19.4. The Morgan fingerprint density at radius 2 is 1.78 bits per heavy atom. The Bertz CT molecular complexity index is 1260. The number of ketones is 1. The lowest BCUT2D eigenvalue weighted by atomic mass is 9.89. The molecule has 11 heteroatoms. The van der Waals surface area contributed by atoms with E-state index in [-0.39, 0.29) is 36.1 Å². The third-order valence-electron chi connectivity index (χ3n) is 6.62. The van der Waals surface area contributed by atoms with Crippen LogP contribution in [0.3, 0.4) is 0 Å². The minimum absolute atomic E-state index is 0.0116. The Labute approximate surface area is 210 Å². The molecule has 2 aliphatic rings. The average molecular weight is 519 g/mol. The number of amides is 3. The van der Waals surface area contributed by atoms with Crippen molar-refractivity contribution in [2.24, 2.45) is 0 Å². The van der Waals surface area contributed by atoms with Crippen molar-refractivity contribution in [3.05, 3.63) is 70.0 Å². The van der Waals surface area contributed by atoms with E-state index in [9.17, 15) is 32.3 Å². The average Bonchev–Trinajstić information content (AvgIpc) is 3.14. The second-order valence-electron chi connectivity index (χ2n) is 9.55. The van der Waals surface area contributed by atoms with Crippen molar-refractivity contribution >= 4 is 23.5 Å². The Hall–Kier alpha value is -3.60. The highest BCUT2D eigenvalue weighted by Gasteiger charge is 2.44. The summed E-state index contributed by atoms with van der Waals surface area (Å²) in [6.07, 6.45) is -5.67. The molecule has 7 nitrogen and oxygen atoms in total. The van der Waals surface area contributed by atoms with Gasteiger partial charge in [-0.05, 0) is 43.8 Å². The van der Waals surface area contributed by atoms with Crippen LogP contribution in [0, 0.1) is 5.82 Å². The monoisotopic (exact) mass is 519 g/mol. The molecule has 1 N–H and O–H groups in total. The number of alkyl halides is 3. The maximum atomic E-state index is 15.4. The summed E-state index contributed by atoms with van der Waals surface area (Å²) < 4.78 is 57.1. The smallest absolute Gasteiger partial charge is 0.322 e. The molecule has 37 heavy (non-hydrogen) atoms. The molecule has 0 aromatic heterocycles. The number of imide groups is 1. The second kappa shape index (κ2) is 10.0. The summed E-state index contributed by atoms with van der Waals surface area (Å²) in [7, 11) is 3.65. The van der Waals surface area contributed by atoms with Gasteiger partial charge in [-0.2, -0.15) is 13.2 Å². The van der Waals surface area contributed by atoms with Crippen LogP contribution in [-0.2, 0) is 22.7 Å². The van der Waals surface area contributed by atoms with Crippen molar-refractivity contribution < 1.29 is 36.7 Å². The van der Waals surface area contributed by atoms with Gasteiger partial charge in [-0.25, -0.2) is 4.39 Å². The predicted molar refractivity (Wildman–Crippen MR) is 124 cm³/mol. The standard InChI is InChI=1S/C26H25F4N3O4/c1-32(2)12-14-3-5-15(6-4-14)19(26(28,29)30)11-21(34)17-8-7-16-18(23(17)27)13-33(25(16)37)20-9-10-22(35)31-24(20)36/h3-8,19-20H,9-13H2,1-2H3,(H,31,35,36)/t19-,20?/m1/s1. The Morgan fingerprint density at radius 1 is 1.11 bits per heavy atom. The molecule has 4 rings (SSSR count). The lowest BCUT2D eigenvalue weighted by Crippen LogP contribution is -2.52. The summed E-state index contributed by atoms with van der Waals surface area (Å²) in [6, 6.07) is 6.97. The topological polar surface area (TPSA) is 86.8 Å². The number of piperidine rings is 1. The number of Topliss-reactive ketones (excluding diaryl/α,β-unsaturated/α-hetero) is 1. The molecule has 2 aromatic carbocycles. The van der Waals surface area contributed by atoms with Gasteiger partial charge in [0.25, 0.3) is 5.91 Å². The summed E-state index contributed by atoms with van der Waals surface area (Å²) in [5.41, 5.74) is -0.0741. The van der Waals surface area contributed by atoms with E-state index in [1.165, 1.54) is 18.2 Å². The molecular weight excluding hydrogens is 494 g/mol. The fourth-order valence-corrected chi connectivity index (χ4v) is 4.76. The van der Waals surface area contributed by atoms with Gasteiger partial charge in [0.2, 0.25) is 11.8 Å². The largest absolute Gasteiger partial charge is 0.396 e. The third-order valence-corrected chi connectivity index (χ3v) is 6.62. The fraction of sp³-hybridized carbons (Fsp3) is 0.385. The highest BCUT2D eigenvalue weighted by Crippen LogP contribution is 2.39. The van der Waals surface area contributed by atoms with Crippen LogP contribution in [0.4, 0.5) is 17.6 Å². The van der Waals surface area contributed by atoms with Gasteiger partial charge in [0, 0.05) is 30.5 Å². The Kier molecular flexibility index (Phi) is 7.18. The van der Waals surface area contributed by atoms with E-state index in [0.29, 0.717) is 6.54 Å². The molecule has 2 aromatic rings. The molecule has 1 fully saturated rings. The first-order valence-electron chi connectivity index (χ1n) is 11.7. The minimum atomic E-state index is -4.75. The van der Waals surface area contributed by atoms with Crippen molar-refractivity contribution in [3.63, 3.8) is 0 Å². The number of nitrogens with one attached hydrogen (secondary N) is 1. The molecule has 1 unspecified atom stereocenters. The van der Waals surface area contributed by atoms with Crippen LogP contribution in [-0.4, -0.2) is 59.6 Å². The van der Waals surface area contributed by atoms with E-state index in [1.54, 1.807) is 12.1 Å². The van der Waals surface area contributed by atoms with Gasteiger partial charge >= 0.3 is 6.18 Å². The molecule has 2 heterocycles. The summed E-state index contributed by atoms with van der Waals surface area (Å²) >= 11 is 0. The van der Waals surface area contributed by atoms with Gasteiger partial charge in [-0.3, -0.25) is 24.5 Å². The Balaban J connectivity index is 1.56. The quantitative estimate of drug-likeness (QED) is 0.344. The van der Waals surface area contributed by atoms with Gasteiger partial charge in [0.1, 0.15) is 11.9 Å². The zero-order valence-corrected chi connectivity index (χ0v) is 20.2. The summed E-state index contributed by atoms with van der Waals surface area (Å²) in [5, 5.41) is 2.13. The number of carbonyl (C=O) groups excluding carboxylic acids is 4. The maximum Gasteiger partial charge on any atom is 0.396 e. The van der Waals surface area contributed by atoms with Crippen LogP contribution in [0.5, 0.6) is 0 Å². The van der Waals surface area contributed by atoms with Gasteiger partial charge < -0.3 is 9.80 Å². The number of halogens is 4. The van der Waals surface area contributed by atoms with Crippen molar-refractivity contribution in [3.8, 4) is 0 Å². The van der Waals surface area contributed by atoms with Crippen molar-refractivity contribution in [1.82, 2.24) is 15.1 Å². The first-order valence-corrected chi connectivity index (χ1v) is 11.7. The molecular formula is C26H25F4N3O4. The minimum Gasteiger partial charge on any atom is -0.322 e. The van der Waals surface area contributed by atoms with Crippen LogP contribution in [0.2, 0.25) is 0 Å². The van der Waals surface area contributed by atoms with Gasteiger partial charge in [0.05, 0.1) is 18.0 Å². The van der Waals surface area contributed by atoms with Crippen molar-refractivity contribution in [2.75, 3.05) is 14.1 Å². The molecule has 0 radical (unpaired) electrons. The number of hydrogen-bond donors (Lipinski definition) is 1. The summed E-state index contributed by atoms with van der Waals surface area (Å²) in [5.74, 6) is -6.06. The normalized spacial score (nSPS) is 18.7. The number of fused-ring (bicyclic) bond motifs is 1. The lowest BCUT2D eigenvalue weighted by Gasteiger charge is -2.29. The van der Waals surface area contributed by atoms with E-state index >= 15 is 4.39 Å². The van der Waals surface area contributed by atoms with Gasteiger partial charge in [-0.1, -0.05) is 24.3 Å². The van der Waals surface area contributed by atoms with Crippen molar-refractivity contribution in [1.29, 1.82) is 0 Å². The Morgan fingerprint density at radius 3 is 2.38 bits per heavy atom. The summed E-state index contributed by atoms with van der Waals surface area (Å²) in [4.78, 5) is 52.3. The molecule has 196 valence electrons. The third kappa shape index (κ3) is 5.41. The van der Waals surface area contributed by atoms with Crippen LogP contribution in [0.25, 0.3) is 0 Å². The van der Waals surface area contributed by atoms with E-state index in [0.717, 1.165) is 16.5 Å². The fourth-order valence-electron chi connectivity index (χ4n) is 4.76. The first-order chi connectivity index (χ1) is 17.4. The first kappa shape index (κ1) is 26.5. The van der Waals surface area contributed by atoms with E-state index in [2.05, 4.69) is 5.32 Å². The maximum absolute atomic E-state index is 15.4. The number of carbonyl (C=O) groups is 4. The lowest BCUT2D eigenvalue weighted by molar-refractivity contribution is -0.149. The highest BCUT2D eigenvalue weighted by molar-refractivity contribution is 6.06. The molecule has 0 spiro atoms. The molecule has 2 atom stereocenters. The zero-order chi connectivity index (χ0) is 27.1. The summed E-state index contributed by atoms with van der Waals surface area (Å²) in [6.45, 7) is 0.203. The van der Waals surface area contributed by atoms with E-state index in [4.69, 9.17) is 0 Å². The van der Waals surface area contributed by atoms with Gasteiger partial charge in [-0.15, -0.1) is 0 Å². The molecule has 1 saturated heterocycles. The van der Waals surface area contributed by atoms with Crippen LogP contribution in [0.1, 0.15) is 62.6 Å². The number of rotatable bonds is 7. The second-order valence-corrected chi connectivity index (χ2v) is 9.55. The zero-order valence-electron chi connectivity index (χ0n) is 20.2. The molecule has 3 amide bonds. The van der Waals surface area contributed by atoms with Crippen molar-refractivity contribution in [2.45, 2.75) is 50.5 Å². The van der Waals surface area contributed by atoms with Crippen LogP contribution >= 0.6 is 0 Å². The van der Waals surface area contributed by atoms with Crippen LogP contribution in [0.15, 0.2) is 36.4 Å². The molecule has 0 aliphatic carbocycles. The number of nitrogens with zero attached hydrogens (tertiary/aromatic N) is 2. The molecule has 0 saturated carbocycles. The van der Waals surface area contributed by atoms with E-state index < -0.39 is 59.4 Å². The molecule has 2 aliphatic heterocycles. The van der Waals surface area contributed by atoms with E-state index in [1.807, 2.05) is 19.0 Å². The predicted octanol–water partition coefficient (Wildman–Crippen LogP) is 3.57. The number of hydrogen-bond acceptors (Lipinski definition) is 5. The SMILES string of the molecule is CN(C)Cc1ccc([C@@H](CC(=O)c2ccc3c(c2F)CN(C2CCC(=O)NC2=O)C3=O)C(F)(F)F)cc1. The molecule has 0 bridgehead atoms. The van der Waals surface area contributed by atoms with Gasteiger partial charge in [0.15, 0.2) is 5.78 Å². The number of benzene rings is 2.